The van der Waals surface area contributed by atoms with Crippen LogP contribution in [0, 0.1) is 0 Å². The lowest BCUT2D eigenvalue weighted by Crippen LogP contribution is -2.73. The van der Waals surface area contributed by atoms with Crippen LogP contribution in [0.1, 0.15) is 30.5 Å². The van der Waals surface area contributed by atoms with E-state index >= 15 is 0 Å². The van der Waals surface area contributed by atoms with E-state index in [1.165, 1.54) is 0 Å². The Balaban J connectivity index is 1.74. The zero-order valence-electron chi connectivity index (χ0n) is 19.1. The van der Waals surface area contributed by atoms with E-state index in [2.05, 4.69) is 0 Å². The molecule has 0 spiro atoms. The fraction of sp³-hybridized carbons (Fsp3) is 0.296. The highest BCUT2D eigenvalue weighted by Crippen LogP contribution is 2.52. The van der Waals surface area contributed by atoms with Crippen molar-refractivity contribution >= 4 is 17.7 Å². The van der Waals surface area contributed by atoms with Gasteiger partial charge in [-0.25, -0.2) is 0 Å². The molecule has 2 atom stereocenters. The van der Waals surface area contributed by atoms with Gasteiger partial charge in [-0.05, 0) is 53.9 Å². The number of ether oxygens (including phenoxy) is 2. The van der Waals surface area contributed by atoms with E-state index in [1.54, 1.807) is 26.0 Å². The molecule has 6 heteroatoms. The van der Waals surface area contributed by atoms with E-state index in [0.29, 0.717) is 6.42 Å². The molecule has 4 rings (SSSR count). The molecular weight excluding hydrogens is 434 g/mol. The van der Waals surface area contributed by atoms with E-state index in [4.69, 9.17) is 9.47 Å². The summed E-state index contributed by atoms with van der Waals surface area (Å²) in [7, 11) is 3.26. The van der Waals surface area contributed by atoms with Gasteiger partial charge in [0.25, 0.3) is 0 Å². The summed E-state index contributed by atoms with van der Waals surface area (Å²) in [4.78, 5) is 16.7. The number of thioether (sulfide) groups is 1. The molecule has 1 heterocycles. The van der Waals surface area contributed by atoms with Gasteiger partial charge in [0.05, 0.1) is 32.9 Å². The zero-order valence-corrected chi connectivity index (χ0v) is 19.9. The van der Waals surface area contributed by atoms with Crippen LogP contribution in [0.3, 0.4) is 0 Å². The first-order valence-electron chi connectivity index (χ1n) is 11.0. The van der Waals surface area contributed by atoms with E-state index in [-0.39, 0.29) is 24.6 Å². The van der Waals surface area contributed by atoms with Crippen LogP contribution in [0.2, 0.25) is 0 Å². The third-order valence-corrected chi connectivity index (χ3v) is 7.96. The normalized spacial score (nSPS) is 20.0. The van der Waals surface area contributed by atoms with Crippen LogP contribution in [0.25, 0.3) is 0 Å². The number of hydrogen-bond acceptors (Lipinski definition) is 5. The number of carbonyl (C=O) groups is 1. The van der Waals surface area contributed by atoms with Crippen molar-refractivity contribution in [2.75, 3.05) is 20.8 Å². The number of aliphatic hydroxyl groups excluding tert-OH is 1. The first kappa shape index (κ1) is 23.2. The Morgan fingerprint density at radius 3 is 1.85 bits per heavy atom. The molecule has 5 nitrogen and oxygen atoms in total. The van der Waals surface area contributed by atoms with Crippen molar-refractivity contribution in [3.63, 3.8) is 0 Å². The molecule has 33 heavy (non-hydrogen) atoms. The highest BCUT2D eigenvalue weighted by atomic mass is 32.2. The summed E-state index contributed by atoms with van der Waals surface area (Å²) in [6.07, 6.45) is 0.630. The average Bonchev–Trinajstić information content (AvgIpc) is 2.88. The number of likely N-dealkylation sites (tertiary alicyclic amines) is 1. The van der Waals surface area contributed by atoms with E-state index in [1.807, 2.05) is 90.7 Å². The average molecular weight is 464 g/mol. The fourth-order valence-electron chi connectivity index (χ4n) is 4.55. The third kappa shape index (κ3) is 4.21. The lowest BCUT2D eigenvalue weighted by Gasteiger charge is -2.57. The molecule has 1 amide bonds. The number of benzene rings is 3. The van der Waals surface area contributed by atoms with Crippen molar-refractivity contribution in [1.29, 1.82) is 0 Å². The van der Waals surface area contributed by atoms with Gasteiger partial charge in [-0.3, -0.25) is 4.79 Å². The molecule has 3 aromatic rings. The van der Waals surface area contributed by atoms with Gasteiger partial charge in [-0.15, -0.1) is 11.8 Å². The summed E-state index contributed by atoms with van der Waals surface area (Å²) in [6, 6.07) is 24.8. The van der Waals surface area contributed by atoms with Crippen LogP contribution in [-0.4, -0.2) is 47.5 Å². The highest BCUT2D eigenvalue weighted by molar-refractivity contribution is 8.01. The molecule has 1 aliphatic rings. The molecule has 0 radical (unpaired) electrons. The molecule has 0 aliphatic carbocycles. The second-order valence-electron chi connectivity index (χ2n) is 8.02. The van der Waals surface area contributed by atoms with E-state index < -0.39 is 4.75 Å². The van der Waals surface area contributed by atoms with Crippen molar-refractivity contribution in [3.05, 3.63) is 90.0 Å². The first-order valence-corrected chi connectivity index (χ1v) is 11.8. The summed E-state index contributed by atoms with van der Waals surface area (Å²) in [5, 5.41) is 10.5. The van der Waals surface area contributed by atoms with Crippen LogP contribution in [-0.2, 0) is 4.79 Å². The number of aliphatic hydroxyl groups is 1. The summed E-state index contributed by atoms with van der Waals surface area (Å²) in [6.45, 7) is 1.91. The number of carbonyl (C=O) groups excluding carboxylic acids is 1. The van der Waals surface area contributed by atoms with Gasteiger partial charge in [-0.2, -0.15) is 0 Å². The molecule has 0 saturated carbocycles. The Hall–Kier alpha value is -2.96. The number of nitrogens with zero attached hydrogens (tertiary/aromatic N) is 1. The van der Waals surface area contributed by atoms with Gasteiger partial charge >= 0.3 is 0 Å². The van der Waals surface area contributed by atoms with Gasteiger partial charge in [-0.1, -0.05) is 49.4 Å². The smallest absolute Gasteiger partial charge is 0.242 e. The zero-order chi connectivity index (χ0) is 23.4. The number of rotatable bonds is 9. The van der Waals surface area contributed by atoms with Gasteiger partial charge in [0.1, 0.15) is 16.2 Å². The molecule has 172 valence electrons. The summed E-state index contributed by atoms with van der Waals surface area (Å²) in [5.41, 5.74) is 1.92. The summed E-state index contributed by atoms with van der Waals surface area (Å²) in [5.74, 6) is 1.54. The van der Waals surface area contributed by atoms with E-state index in [0.717, 1.165) is 27.5 Å². The minimum Gasteiger partial charge on any atom is -0.497 e. The second-order valence-corrected chi connectivity index (χ2v) is 9.42. The van der Waals surface area contributed by atoms with Crippen LogP contribution >= 0.6 is 11.8 Å². The Labute approximate surface area is 199 Å². The molecular formula is C27H29NO4S. The monoisotopic (exact) mass is 463 g/mol. The van der Waals surface area contributed by atoms with E-state index in [9.17, 15) is 9.90 Å². The number of amides is 1. The van der Waals surface area contributed by atoms with Crippen molar-refractivity contribution in [2.45, 2.75) is 35.1 Å². The third-order valence-electron chi connectivity index (χ3n) is 6.35. The fourth-order valence-corrected chi connectivity index (χ4v) is 5.92. The molecule has 2 unspecified atom stereocenters. The van der Waals surface area contributed by atoms with Gasteiger partial charge in [0.2, 0.25) is 5.91 Å². The Morgan fingerprint density at radius 2 is 1.42 bits per heavy atom. The van der Waals surface area contributed by atoms with Crippen molar-refractivity contribution in [1.82, 2.24) is 4.90 Å². The summed E-state index contributed by atoms with van der Waals surface area (Å²) >= 11 is 1.55. The maximum absolute atomic E-state index is 13.9. The number of hydrogen-bond donors (Lipinski definition) is 1. The molecule has 3 aromatic carbocycles. The standard InChI is InChI=1S/C27H29NO4S/c1-4-27(33-23-8-6-5-7-9-23)24(18-29)28(26(27)30)25(19-10-14-21(31-2)15-11-19)20-12-16-22(32-3)17-13-20/h5-17,24-25,29H,4,18H2,1-3H3. The highest BCUT2D eigenvalue weighted by Gasteiger charge is 2.62. The van der Waals surface area contributed by atoms with Crippen LogP contribution in [0.5, 0.6) is 11.5 Å². The van der Waals surface area contributed by atoms with Gasteiger partial charge in [0, 0.05) is 4.90 Å². The largest absolute Gasteiger partial charge is 0.497 e. The Kier molecular flexibility index (Phi) is 6.96. The van der Waals surface area contributed by atoms with Crippen molar-refractivity contribution < 1.29 is 19.4 Å². The lowest BCUT2D eigenvalue weighted by atomic mass is 9.80. The topological polar surface area (TPSA) is 59.0 Å². The quantitative estimate of drug-likeness (QED) is 0.456. The van der Waals surface area contributed by atoms with Gasteiger partial charge in [0.15, 0.2) is 0 Å². The van der Waals surface area contributed by atoms with Crippen molar-refractivity contribution in [2.24, 2.45) is 0 Å². The number of β-lactam (4-membered cyclic amide) rings is 1. The first-order chi connectivity index (χ1) is 16.1. The Morgan fingerprint density at radius 1 is 0.909 bits per heavy atom. The molecule has 1 N–H and O–H groups in total. The minimum absolute atomic E-state index is 0.0366. The predicted molar refractivity (Wildman–Crippen MR) is 131 cm³/mol. The van der Waals surface area contributed by atoms with Crippen LogP contribution in [0.4, 0.5) is 0 Å². The Bertz CT molecular complexity index is 1020. The van der Waals surface area contributed by atoms with Gasteiger partial charge < -0.3 is 19.5 Å². The number of methoxy groups -OCH3 is 2. The minimum atomic E-state index is -0.701. The maximum atomic E-state index is 13.9. The SMILES string of the molecule is CCC1(Sc2ccccc2)C(=O)N(C(c2ccc(OC)cc2)c2ccc(OC)cc2)C1CO. The second kappa shape index (κ2) is 9.89. The maximum Gasteiger partial charge on any atom is 0.242 e. The molecule has 1 saturated heterocycles. The van der Waals surface area contributed by atoms with Crippen LogP contribution < -0.4 is 9.47 Å². The molecule has 1 fully saturated rings. The molecule has 1 aliphatic heterocycles. The lowest BCUT2D eigenvalue weighted by molar-refractivity contribution is -0.158. The van der Waals surface area contributed by atoms with Crippen LogP contribution in [0.15, 0.2) is 83.8 Å². The van der Waals surface area contributed by atoms with Crippen molar-refractivity contribution in [3.8, 4) is 11.5 Å². The predicted octanol–water partition coefficient (Wildman–Crippen LogP) is 4.94. The molecule has 0 bridgehead atoms. The summed E-state index contributed by atoms with van der Waals surface area (Å²) < 4.78 is 9.95. The molecule has 0 aromatic heterocycles.